The molecule has 2 atom stereocenters. The van der Waals surface area contributed by atoms with E-state index in [4.69, 9.17) is 18.0 Å². The molecule has 7 heteroatoms. The molecule has 2 aromatic carbocycles. The van der Waals surface area contributed by atoms with Gasteiger partial charge in [0.1, 0.15) is 29.5 Å². The third-order valence-corrected chi connectivity index (χ3v) is 6.75. The van der Waals surface area contributed by atoms with Gasteiger partial charge in [-0.3, -0.25) is 0 Å². The van der Waals surface area contributed by atoms with Crippen molar-refractivity contribution >= 4 is 25.0 Å². The molecule has 0 aliphatic carbocycles. The molecule has 0 radical (unpaired) electrons. The second-order valence-corrected chi connectivity index (χ2v) is 24.2. The van der Waals surface area contributed by atoms with Crippen molar-refractivity contribution in [2.24, 2.45) is 0 Å². The van der Waals surface area contributed by atoms with E-state index in [-0.39, 0.29) is 12.2 Å². The lowest BCUT2D eigenvalue weighted by atomic mass is 10.0. The van der Waals surface area contributed by atoms with Gasteiger partial charge in [-0.1, -0.05) is 12.1 Å². The zero-order chi connectivity index (χ0) is 22.3. The molecule has 1 saturated heterocycles. The summed E-state index contributed by atoms with van der Waals surface area (Å²) in [4.78, 5) is 0. The standard InChI is InChI=1S/C23H36O4Si3/c1-28(2,3)25-19-12-10-17(11-13-19)22-23(24-22)18-14-20(26-29(4,5)6)16-21(15-18)27-30(7,8)9/h10-16,22-23H,1-9H3/t22-,23-/m1/s1. The molecule has 1 fully saturated rings. The van der Waals surface area contributed by atoms with Crippen molar-refractivity contribution < 1.29 is 18.0 Å². The van der Waals surface area contributed by atoms with Crippen molar-refractivity contribution in [1.82, 2.24) is 0 Å². The van der Waals surface area contributed by atoms with Gasteiger partial charge in [-0.25, -0.2) is 0 Å². The third-order valence-electron chi connectivity index (χ3n) is 4.20. The highest BCUT2D eigenvalue weighted by atomic mass is 28.4. The Hall–Kier alpha value is -1.55. The van der Waals surface area contributed by atoms with Gasteiger partial charge < -0.3 is 18.0 Å². The molecule has 0 saturated carbocycles. The van der Waals surface area contributed by atoms with Crippen LogP contribution in [-0.4, -0.2) is 25.0 Å². The lowest BCUT2D eigenvalue weighted by Crippen LogP contribution is -2.30. The van der Waals surface area contributed by atoms with Crippen LogP contribution in [0, 0.1) is 0 Å². The molecule has 30 heavy (non-hydrogen) atoms. The molecule has 1 aliphatic heterocycles. The summed E-state index contributed by atoms with van der Waals surface area (Å²) in [5.74, 6) is 2.70. The van der Waals surface area contributed by atoms with Crippen LogP contribution in [0.3, 0.4) is 0 Å². The highest BCUT2D eigenvalue weighted by molar-refractivity contribution is 6.71. The zero-order valence-corrected chi connectivity index (χ0v) is 22.8. The Bertz CT molecular complexity index is 843. The van der Waals surface area contributed by atoms with Crippen molar-refractivity contribution in [3.63, 3.8) is 0 Å². The van der Waals surface area contributed by atoms with E-state index in [0.717, 1.165) is 22.8 Å². The van der Waals surface area contributed by atoms with Gasteiger partial charge in [0.2, 0.25) is 25.0 Å². The topological polar surface area (TPSA) is 40.2 Å². The molecule has 164 valence electrons. The highest BCUT2D eigenvalue weighted by Crippen LogP contribution is 2.52. The Labute approximate surface area is 184 Å². The molecule has 4 nitrogen and oxygen atoms in total. The lowest BCUT2D eigenvalue weighted by molar-refractivity contribution is 0.377. The Morgan fingerprint density at radius 2 is 0.933 bits per heavy atom. The maximum atomic E-state index is 6.28. The van der Waals surface area contributed by atoms with E-state index in [1.54, 1.807) is 0 Å². The van der Waals surface area contributed by atoms with E-state index in [0.29, 0.717) is 0 Å². The predicted octanol–water partition coefficient (Wildman–Crippen LogP) is 7.14. The summed E-state index contributed by atoms with van der Waals surface area (Å²) in [5, 5.41) is 0. The van der Waals surface area contributed by atoms with Crippen LogP contribution >= 0.6 is 0 Å². The van der Waals surface area contributed by atoms with E-state index in [1.165, 1.54) is 5.56 Å². The maximum absolute atomic E-state index is 6.28. The minimum atomic E-state index is -1.72. The second-order valence-electron chi connectivity index (χ2n) is 10.9. The van der Waals surface area contributed by atoms with Crippen molar-refractivity contribution in [2.75, 3.05) is 0 Å². The van der Waals surface area contributed by atoms with Crippen LogP contribution in [0.4, 0.5) is 0 Å². The van der Waals surface area contributed by atoms with Crippen LogP contribution in [0.5, 0.6) is 17.2 Å². The fourth-order valence-electron chi connectivity index (χ4n) is 3.28. The Kier molecular flexibility index (Phi) is 6.31. The predicted molar refractivity (Wildman–Crippen MR) is 131 cm³/mol. The Morgan fingerprint density at radius 3 is 1.37 bits per heavy atom. The SMILES string of the molecule is C[Si](C)(C)Oc1ccc([C@H]2O[C@@H]2c2cc(O[Si](C)(C)C)cc(O[Si](C)(C)C)c2)cc1. The molecule has 0 spiro atoms. The minimum absolute atomic E-state index is 0.0305. The number of hydrogen-bond acceptors (Lipinski definition) is 4. The fraction of sp³-hybridized carbons (Fsp3) is 0.478. The normalized spacial score (nSPS) is 19.4. The fourth-order valence-corrected chi connectivity index (χ4v) is 5.77. The minimum Gasteiger partial charge on any atom is -0.544 e. The van der Waals surface area contributed by atoms with Crippen LogP contribution in [0.2, 0.25) is 58.9 Å². The van der Waals surface area contributed by atoms with E-state index in [9.17, 15) is 0 Å². The summed E-state index contributed by atoms with van der Waals surface area (Å²) in [6, 6.07) is 14.6. The van der Waals surface area contributed by atoms with E-state index in [2.05, 4.69) is 95.3 Å². The molecule has 0 amide bonds. The first kappa shape index (κ1) is 23.1. The summed E-state index contributed by atoms with van der Waals surface area (Å²) in [7, 11) is -5.04. The average molecular weight is 461 g/mol. The first-order valence-corrected chi connectivity index (χ1v) is 20.9. The van der Waals surface area contributed by atoms with Crippen LogP contribution < -0.4 is 13.3 Å². The monoisotopic (exact) mass is 460 g/mol. The number of hydrogen-bond donors (Lipinski definition) is 0. The highest BCUT2D eigenvalue weighted by Gasteiger charge is 2.42. The summed E-state index contributed by atoms with van der Waals surface area (Å²) < 4.78 is 24.7. The van der Waals surface area contributed by atoms with E-state index < -0.39 is 25.0 Å². The van der Waals surface area contributed by atoms with Gasteiger partial charge in [0.15, 0.2) is 0 Å². The van der Waals surface area contributed by atoms with Crippen molar-refractivity contribution in [2.45, 2.75) is 71.1 Å². The molecule has 0 aromatic heterocycles. The Balaban J connectivity index is 1.80. The molecule has 3 rings (SSSR count). The van der Waals surface area contributed by atoms with Gasteiger partial charge in [0.25, 0.3) is 0 Å². The molecule has 1 aliphatic rings. The first-order valence-electron chi connectivity index (χ1n) is 10.7. The molecule has 0 N–H and O–H groups in total. The largest absolute Gasteiger partial charge is 0.544 e. The van der Waals surface area contributed by atoms with Gasteiger partial charge in [-0.15, -0.1) is 0 Å². The van der Waals surface area contributed by atoms with Gasteiger partial charge in [-0.05, 0) is 94.3 Å². The van der Waals surface area contributed by atoms with E-state index >= 15 is 0 Å². The van der Waals surface area contributed by atoms with Gasteiger partial charge in [0.05, 0.1) is 0 Å². The molecular weight excluding hydrogens is 425 g/mol. The van der Waals surface area contributed by atoms with Crippen molar-refractivity contribution in [1.29, 1.82) is 0 Å². The van der Waals surface area contributed by atoms with Gasteiger partial charge >= 0.3 is 0 Å². The van der Waals surface area contributed by atoms with Crippen LogP contribution in [0.25, 0.3) is 0 Å². The summed E-state index contributed by atoms with van der Waals surface area (Å²) >= 11 is 0. The third kappa shape index (κ3) is 7.01. The van der Waals surface area contributed by atoms with Gasteiger partial charge in [0, 0.05) is 6.07 Å². The summed E-state index contributed by atoms with van der Waals surface area (Å²) in [6.45, 7) is 19.7. The number of ether oxygens (including phenoxy) is 1. The Morgan fingerprint density at radius 1 is 0.533 bits per heavy atom. The zero-order valence-electron chi connectivity index (χ0n) is 19.8. The first-order chi connectivity index (χ1) is 13.7. The average Bonchev–Trinajstić information content (AvgIpc) is 3.31. The number of benzene rings is 2. The number of epoxide rings is 1. The maximum Gasteiger partial charge on any atom is 0.242 e. The van der Waals surface area contributed by atoms with Crippen LogP contribution in [-0.2, 0) is 4.74 Å². The van der Waals surface area contributed by atoms with E-state index in [1.807, 2.05) is 6.07 Å². The number of rotatable bonds is 8. The molecule has 1 heterocycles. The molecule has 2 aromatic rings. The lowest BCUT2D eigenvalue weighted by Gasteiger charge is -2.23. The van der Waals surface area contributed by atoms with Gasteiger partial charge in [-0.2, -0.15) is 0 Å². The van der Waals surface area contributed by atoms with Crippen molar-refractivity contribution in [3.8, 4) is 17.2 Å². The summed E-state index contributed by atoms with van der Waals surface area (Å²) in [6.07, 6.45) is 0.0933. The summed E-state index contributed by atoms with van der Waals surface area (Å²) in [5.41, 5.74) is 2.29. The van der Waals surface area contributed by atoms with Crippen LogP contribution in [0.15, 0.2) is 42.5 Å². The van der Waals surface area contributed by atoms with Crippen LogP contribution in [0.1, 0.15) is 23.3 Å². The smallest absolute Gasteiger partial charge is 0.242 e. The molecule has 0 unspecified atom stereocenters. The van der Waals surface area contributed by atoms with Crippen molar-refractivity contribution in [3.05, 3.63) is 53.6 Å². The molecule has 0 bridgehead atoms. The second kappa shape index (κ2) is 8.18. The molecular formula is C23H36O4Si3. The quantitative estimate of drug-likeness (QED) is 0.310.